The Bertz CT molecular complexity index is 740. The van der Waals surface area contributed by atoms with Gasteiger partial charge in [-0.15, -0.1) is 0 Å². The smallest absolute Gasteiger partial charge is 0.407 e. The summed E-state index contributed by atoms with van der Waals surface area (Å²) < 4.78 is 19.0. The molecule has 6 nitrogen and oxygen atoms in total. The maximum absolute atomic E-state index is 13.9. The van der Waals surface area contributed by atoms with Crippen molar-refractivity contribution in [2.24, 2.45) is 0 Å². The highest BCUT2D eigenvalue weighted by Gasteiger charge is 2.22. The lowest BCUT2D eigenvalue weighted by atomic mass is 9.99. The summed E-state index contributed by atoms with van der Waals surface area (Å²) in [6.45, 7) is 1.84. The lowest BCUT2D eigenvalue weighted by Crippen LogP contribution is -2.30. The molecule has 5 N–H and O–H groups in total. The van der Waals surface area contributed by atoms with Crippen LogP contribution in [0.1, 0.15) is 29.2 Å². The number of halogens is 1. The van der Waals surface area contributed by atoms with Crippen molar-refractivity contribution in [3.63, 3.8) is 0 Å². The van der Waals surface area contributed by atoms with E-state index in [0.717, 1.165) is 5.56 Å². The number of aliphatic hydroxyl groups excluding tert-OH is 2. The molecule has 0 saturated carbocycles. The maximum Gasteiger partial charge on any atom is 0.407 e. The molecule has 2 aromatic rings. The van der Waals surface area contributed by atoms with Crippen molar-refractivity contribution >= 4 is 11.8 Å². The SMILES string of the molecule is Cc1cc(F)c(C(O)C(O)CCNC(=O)OCc2ccccc2)cc1N. The molecule has 0 radical (unpaired) electrons. The van der Waals surface area contributed by atoms with Gasteiger partial charge in [0.1, 0.15) is 18.5 Å². The van der Waals surface area contributed by atoms with Gasteiger partial charge in [-0.25, -0.2) is 9.18 Å². The number of nitrogens with two attached hydrogens (primary N) is 1. The Hall–Kier alpha value is -2.64. The van der Waals surface area contributed by atoms with Gasteiger partial charge in [-0.1, -0.05) is 30.3 Å². The lowest BCUT2D eigenvalue weighted by molar-refractivity contribution is 0.0116. The molecule has 0 saturated heterocycles. The normalized spacial score (nSPS) is 13.1. The number of ether oxygens (including phenoxy) is 1. The number of benzene rings is 2. The standard InChI is InChI=1S/C19H23FN2O4/c1-12-9-15(20)14(10-16(12)21)18(24)17(23)7-8-22-19(25)26-11-13-5-3-2-4-6-13/h2-6,9-10,17-18,23-24H,7-8,11,21H2,1H3,(H,22,25). The van der Waals surface area contributed by atoms with Gasteiger partial charge >= 0.3 is 6.09 Å². The fourth-order valence-corrected chi connectivity index (χ4v) is 2.40. The highest BCUT2D eigenvalue weighted by atomic mass is 19.1. The van der Waals surface area contributed by atoms with E-state index in [2.05, 4.69) is 5.32 Å². The van der Waals surface area contributed by atoms with Gasteiger partial charge in [-0.3, -0.25) is 0 Å². The highest BCUT2D eigenvalue weighted by Crippen LogP contribution is 2.26. The Morgan fingerprint density at radius 3 is 2.65 bits per heavy atom. The van der Waals surface area contributed by atoms with Gasteiger partial charge < -0.3 is 26.0 Å². The minimum Gasteiger partial charge on any atom is -0.445 e. The van der Waals surface area contributed by atoms with E-state index in [0.29, 0.717) is 11.3 Å². The summed E-state index contributed by atoms with van der Waals surface area (Å²) >= 11 is 0. The van der Waals surface area contributed by atoms with Gasteiger partial charge in [0.05, 0.1) is 6.10 Å². The predicted octanol–water partition coefficient (Wildman–Crippen LogP) is 2.43. The second kappa shape index (κ2) is 9.17. The topological polar surface area (TPSA) is 105 Å². The van der Waals surface area contributed by atoms with Crippen LogP contribution in [0.4, 0.5) is 14.9 Å². The van der Waals surface area contributed by atoms with Crippen molar-refractivity contribution in [2.45, 2.75) is 32.2 Å². The number of aliphatic hydroxyl groups is 2. The summed E-state index contributed by atoms with van der Waals surface area (Å²) in [4.78, 5) is 11.6. The van der Waals surface area contributed by atoms with Crippen LogP contribution in [0.2, 0.25) is 0 Å². The number of aryl methyl sites for hydroxylation is 1. The summed E-state index contributed by atoms with van der Waals surface area (Å²) in [5.74, 6) is -0.640. The minimum absolute atomic E-state index is 0.0226. The molecule has 26 heavy (non-hydrogen) atoms. The molecule has 0 spiro atoms. The van der Waals surface area contributed by atoms with E-state index in [1.165, 1.54) is 12.1 Å². The van der Waals surface area contributed by atoms with Crippen LogP contribution >= 0.6 is 0 Å². The number of nitrogen functional groups attached to an aromatic ring is 1. The van der Waals surface area contributed by atoms with Crippen LogP contribution in [-0.2, 0) is 11.3 Å². The molecule has 1 amide bonds. The zero-order valence-corrected chi connectivity index (χ0v) is 14.5. The molecule has 7 heteroatoms. The molecule has 0 bridgehead atoms. The van der Waals surface area contributed by atoms with Crippen LogP contribution in [0.15, 0.2) is 42.5 Å². The third kappa shape index (κ3) is 5.44. The summed E-state index contributed by atoms with van der Waals surface area (Å²) in [6.07, 6.45) is -3.32. The average Bonchev–Trinajstić information content (AvgIpc) is 2.63. The number of rotatable bonds is 7. The zero-order valence-electron chi connectivity index (χ0n) is 14.5. The van der Waals surface area contributed by atoms with Crippen molar-refractivity contribution in [3.05, 3.63) is 65.0 Å². The monoisotopic (exact) mass is 362 g/mol. The van der Waals surface area contributed by atoms with Crippen molar-refractivity contribution in [2.75, 3.05) is 12.3 Å². The summed E-state index contributed by atoms with van der Waals surface area (Å²) in [6, 6.07) is 11.7. The molecule has 140 valence electrons. The van der Waals surface area contributed by atoms with E-state index < -0.39 is 24.1 Å². The van der Waals surface area contributed by atoms with Gasteiger partial charge in [0.15, 0.2) is 0 Å². The summed E-state index contributed by atoms with van der Waals surface area (Å²) in [5.41, 5.74) is 7.37. The fraction of sp³-hybridized carbons (Fsp3) is 0.316. The fourth-order valence-electron chi connectivity index (χ4n) is 2.40. The third-order valence-corrected chi connectivity index (χ3v) is 3.99. The molecule has 0 aliphatic carbocycles. The Morgan fingerprint density at radius 1 is 1.27 bits per heavy atom. The molecule has 2 aromatic carbocycles. The Morgan fingerprint density at radius 2 is 1.96 bits per heavy atom. The second-order valence-electron chi connectivity index (χ2n) is 6.02. The van der Waals surface area contributed by atoms with Crippen molar-refractivity contribution < 1.29 is 24.1 Å². The quantitative estimate of drug-likeness (QED) is 0.566. The first kappa shape index (κ1) is 19.7. The highest BCUT2D eigenvalue weighted by molar-refractivity contribution is 5.67. The van der Waals surface area contributed by atoms with E-state index in [4.69, 9.17) is 10.5 Å². The lowest BCUT2D eigenvalue weighted by Gasteiger charge is -2.19. The van der Waals surface area contributed by atoms with Crippen molar-refractivity contribution in [1.82, 2.24) is 5.32 Å². The second-order valence-corrected chi connectivity index (χ2v) is 6.02. The van der Waals surface area contributed by atoms with Crippen LogP contribution in [-0.4, -0.2) is 29.0 Å². The molecule has 0 aromatic heterocycles. The number of alkyl carbamates (subject to hydrolysis) is 1. The molecule has 0 aliphatic heterocycles. The minimum atomic E-state index is -1.44. The van der Waals surface area contributed by atoms with Crippen molar-refractivity contribution in [1.29, 1.82) is 0 Å². The molecule has 2 atom stereocenters. The van der Waals surface area contributed by atoms with E-state index in [9.17, 15) is 19.4 Å². The van der Waals surface area contributed by atoms with Crippen LogP contribution in [0.3, 0.4) is 0 Å². The molecule has 0 heterocycles. The maximum atomic E-state index is 13.9. The number of hydrogen-bond donors (Lipinski definition) is 4. The Kier molecular flexibility index (Phi) is 6.94. The van der Waals surface area contributed by atoms with Gasteiger partial charge in [0.25, 0.3) is 0 Å². The van der Waals surface area contributed by atoms with E-state index >= 15 is 0 Å². The van der Waals surface area contributed by atoms with Gasteiger partial charge in [-0.05, 0) is 36.6 Å². The zero-order chi connectivity index (χ0) is 19.1. The Labute approximate surface area is 151 Å². The molecular formula is C19H23FN2O4. The van der Waals surface area contributed by atoms with Gasteiger partial charge in [0.2, 0.25) is 0 Å². The van der Waals surface area contributed by atoms with Crippen molar-refractivity contribution in [3.8, 4) is 0 Å². The first-order valence-electron chi connectivity index (χ1n) is 8.24. The Balaban J connectivity index is 1.78. The molecule has 2 rings (SSSR count). The first-order valence-corrected chi connectivity index (χ1v) is 8.24. The van der Waals surface area contributed by atoms with Crippen LogP contribution < -0.4 is 11.1 Å². The number of carbonyl (C=O) groups is 1. The molecule has 0 aliphatic rings. The number of hydrogen-bond acceptors (Lipinski definition) is 5. The van der Waals surface area contributed by atoms with Crippen LogP contribution in [0.5, 0.6) is 0 Å². The number of carbonyl (C=O) groups excluding carboxylic acids is 1. The number of anilines is 1. The van der Waals surface area contributed by atoms with Gasteiger partial charge in [0, 0.05) is 17.8 Å². The first-order chi connectivity index (χ1) is 12.4. The van der Waals surface area contributed by atoms with E-state index in [-0.39, 0.29) is 25.1 Å². The summed E-state index contributed by atoms with van der Waals surface area (Å²) in [5, 5.41) is 22.6. The van der Waals surface area contributed by atoms with Crippen LogP contribution in [0, 0.1) is 12.7 Å². The predicted molar refractivity (Wildman–Crippen MR) is 95.8 cm³/mol. The largest absolute Gasteiger partial charge is 0.445 e. The molecular weight excluding hydrogens is 339 g/mol. The van der Waals surface area contributed by atoms with Gasteiger partial charge in [-0.2, -0.15) is 0 Å². The van der Waals surface area contributed by atoms with Crippen LogP contribution in [0.25, 0.3) is 0 Å². The van der Waals surface area contributed by atoms with E-state index in [1.54, 1.807) is 6.92 Å². The average molecular weight is 362 g/mol. The number of amides is 1. The molecule has 0 fully saturated rings. The summed E-state index contributed by atoms with van der Waals surface area (Å²) in [7, 11) is 0. The van der Waals surface area contributed by atoms with E-state index in [1.807, 2.05) is 30.3 Å². The molecule has 2 unspecified atom stereocenters. The number of nitrogens with one attached hydrogen (secondary N) is 1. The third-order valence-electron chi connectivity index (χ3n) is 3.99.